The standard InChI is InChI=1S/C50H80O19/c1-9-24(52)37-33(57)30(54)35(59)41(66-37)68-39-32(56)29(53)25(21-51)64-43(39)65-28-13-14-47(6)26(46(28,4)5)12-15-49(8)27(47)11-10-22-23-20-45(2,3)16-18-50(23,19-17-48(22,49)7)44(63)69-42-36(60)31(55)34(58)38(67-42)40(61)62/h10,23-39,41-43,51-60H,9,11-21H2,1-8H3,(H,61,62)/t23-,24+,25+,26+,27-,28+,29+,30-,31-,32-,33-,34-,35+,36+,37+,38-,39+,41-,42-,43-,47+,48+,49+,50-/m1/s1. The third-order valence-corrected chi connectivity index (χ3v) is 19.8. The second kappa shape index (κ2) is 18.8. The second-order valence-corrected chi connectivity index (χ2v) is 24.2. The lowest BCUT2D eigenvalue weighted by Crippen LogP contribution is -2.67. The first-order valence-electron chi connectivity index (χ1n) is 25.3. The van der Waals surface area contributed by atoms with E-state index in [4.69, 9.17) is 28.4 Å². The molecule has 4 saturated carbocycles. The molecule has 69 heavy (non-hydrogen) atoms. The summed E-state index contributed by atoms with van der Waals surface area (Å²) < 4.78 is 36.2. The van der Waals surface area contributed by atoms with Crippen molar-refractivity contribution in [2.45, 2.75) is 230 Å². The summed E-state index contributed by atoms with van der Waals surface area (Å²) in [5.41, 5.74) is -1.11. The Hall–Kier alpha value is -1.92. The van der Waals surface area contributed by atoms with Gasteiger partial charge in [-0.3, -0.25) is 4.79 Å². The van der Waals surface area contributed by atoms with E-state index < -0.39 is 134 Å². The average molecular weight is 985 g/mol. The van der Waals surface area contributed by atoms with Gasteiger partial charge in [0.25, 0.3) is 0 Å². The molecule has 8 aliphatic rings. The normalized spacial score (nSPS) is 51.9. The highest BCUT2D eigenvalue weighted by Gasteiger charge is 2.70. The minimum atomic E-state index is -1.92. The van der Waals surface area contributed by atoms with Gasteiger partial charge in [0.1, 0.15) is 67.1 Å². The smallest absolute Gasteiger partial charge is 0.335 e. The second-order valence-electron chi connectivity index (χ2n) is 24.2. The fraction of sp³-hybridized carbons (Fsp3) is 0.920. The molecule has 0 bridgehead atoms. The van der Waals surface area contributed by atoms with E-state index >= 15 is 0 Å². The molecule has 24 atom stereocenters. The van der Waals surface area contributed by atoms with Gasteiger partial charge in [-0.1, -0.05) is 67.0 Å². The Morgan fingerprint density at radius 1 is 0.710 bits per heavy atom. The number of fused-ring (bicyclic) bond motifs is 7. The maximum Gasteiger partial charge on any atom is 0.335 e. The summed E-state index contributed by atoms with van der Waals surface area (Å²) >= 11 is 0. The zero-order valence-electron chi connectivity index (χ0n) is 41.3. The number of carbonyl (C=O) groups is 2. The highest BCUT2D eigenvalue weighted by Crippen LogP contribution is 2.76. The third kappa shape index (κ3) is 8.46. The van der Waals surface area contributed by atoms with Gasteiger partial charge in [-0.15, -0.1) is 0 Å². The molecule has 0 radical (unpaired) electrons. The maximum absolute atomic E-state index is 14.7. The molecule has 3 heterocycles. The van der Waals surface area contributed by atoms with Gasteiger partial charge < -0.3 is 84.6 Å². The van der Waals surface area contributed by atoms with Gasteiger partial charge >= 0.3 is 11.9 Å². The fourth-order valence-electron chi connectivity index (χ4n) is 15.4. The van der Waals surface area contributed by atoms with Gasteiger partial charge in [0.2, 0.25) is 6.29 Å². The third-order valence-electron chi connectivity index (χ3n) is 19.8. The lowest BCUT2D eigenvalue weighted by molar-refractivity contribution is -0.380. The Bertz CT molecular complexity index is 1930. The molecule has 19 nitrogen and oxygen atoms in total. The molecule has 11 N–H and O–H groups in total. The number of aliphatic hydroxyl groups excluding tert-OH is 10. The number of rotatable bonds is 10. The number of aliphatic carboxylic acids is 1. The number of esters is 1. The van der Waals surface area contributed by atoms with Crippen LogP contribution >= 0.6 is 0 Å². The van der Waals surface area contributed by atoms with E-state index in [-0.39, 0.29) is 45.8 Å². The molecule has 5 aliphatic carbocycles. The van der Waals surface area contributed by atoms with Crippen molar-refractivity contribution < 1.29 is 94.2 Å². The topological polar surface area (TPSA) is 312 Å². The van der Waals surface area contributed by atoms with E-state index in [2.05, 4.69) is 54.5 Å². The zero-order valence-corrected chi connectivity index (χ0v) is 41.3. The number of carboxylic acid groups (broad SMARTS) is 1. The Balaban J connectivity index is 1.04. The minimum Gasteiger partial charge on any atom is -0.479 e. The van der Waals surface area contributed by atoms with Crippen LogP contribution in [0.5, 0.6) is 0 Å². The molecule has 394 valence electrons. The Kier molecular flexibility index (Phi) is 14.5. The number of hydrogen-bond acceptors (Lipinski definition) is 18. The first-order valence-corrected chi connectivity index (χ1v) is 25.3. The molecule has 0 aromatic heterocycles. The van der Waals surface area contributed by atoms with Crippen LogP contribution in [0.3, 0.4) is 0 Å². The lowest BCUT2D eigenvalue weighted by atomic mass is 9.33. The highest BCUT2D eigenvalue weighted by atomic mass is 16.8. The van der Waals surface area contributed by atoms with Gasteiger partial charge in [-0.2, -0.15) is 0 Å². The molecule has 7 fully saturated rings. The van der Waals surface area contributed by atoms with Gasteiger partial charge in [0.15, 0.2) is 18.7 Å². The van der Waals surface area contributed by atoms with Crippen LogP contribution in [0.2, 0.25) is 0 Å². The van der Waals surface area contributed by atoms with Crippen LogP contribution < -0.4 is 0 Å². The van der Waals surface area contributed by atoms with Gasteiger partial charge in [0, 0.05) is 0 Å². The molecule has 0 aromatic rings. The molecule has 3 aliphatic heterocycles. The van der Waals surface area contributed by atoms with E-state index in [1.54, 1.807) is 6.92 Å². The zero-order chi connectivity index (χ0) is 50.7. The van der Waals surface area contributed by atoms with Crippen molar-refractivity contribution in [3.05, 3.63) is 11.6 Å². The SMILES string of the molecule is CC[C@H](O)[C@@H]1O[C@H](O[C@@H]2[C@@H](O[C@H]3CC[C@]4(C)[C@H]5CC=C6[C@H]7CC(C)(C)CC[C@@]7(C(=O)O[C@H]7O[C@@H](C(=O)O)[C@H](O)[C@@H](O)[C@@H]7O)CC[C@]6(C)[C@@]5(C)CC[C@H]4C3(C)C)O[C@@H](CO)[C@H](O)[C@H]2O)[C@@H](O)[C@H](O)[C@H]1O. The number of hydrogen-bond donors (Lipinski definition) is 11. The molecule has 0 aromatic carbocycles. The number of aliphatic hydroxyl groups is 10. The largest absolute Gasteiger partial charge is 0.479 e. The van der Waals surface area contributed by atoms with Crippen molar-refractivity contribution in [1.29, 1.82) is 0 Å². The quantitative estimate of drug-likeness (QED) is 0.0827. The Morgan fingerprint density at radius 2 is 1.36 bits per heavy atom. The van der Waals surface area contributed by atoms with Crippen LogP contribution in [0.1, 0.15) is 126 Å². The van der Waals surface area contributed by atoms with E-state index in [0.717, 1.165) is 32.1 Å². The van der Waals surface area contributed by atoms with Crippen molar-refractivity contribution >= 4 is 11.9 Å². The number of ether oxygens (including phenoxy) is 6. The van der Waals surface area contributed by atoms with E-state index in [9.17, 15) is 65.8 Å². The summed E-state index contributed by atoms with van der Waals surface area (Å²) in [6.07, 6.45) is -17.3. The van der Waals surface area contributed by atoms with Crippen molar-refractivity contribution in [1.82, 2.24) is 0 Å². The summed E-state index contributed by atoms with van der Waals surface area (Å²) in [5.74, 6) is -2.04. The van der Waals surface area contributed by atoms with Gasteiger partial charge in [0.05, 0.1) is 24.2 Å². The predicted molar refractivity (Wildman–Crippen MR) is 240 cm³/mol. The van der Waals surface area contributed by atoms with E-state index in [1.807, 2.05) is 0 Å². The Morgan fingerprint density at radius 3 is 2.01 bits per heavy atom. The van der Waals surface area contributed by atoms with Crippen molar-refractivity contribution in [2.24, 2.45) is 50.2 Å². The predicted octanol–water partition coefficient (Wildman–Crippen LogP) is 1.01. The van der Waals surface area contributed by atoms with Gasteiger partial charge in [-0.25, -0.2) is 4.79 Å². The van der Waals surface area contributed by atoms with Crippen LogP contribution in [0, 0.1) is 50.2 Å². The molecule has 0 spiro atoms. The summed E-state index contributed by atoms with van der Waals surface area (Å²) in [4.78, 5) is 26.6. The minimum absolute atomic E-state index is 0.114. The highest BCUT2D eigenvalue weighted by molar-refractivity contribution is 5.79. The average Bonchev–Trinajstić information content (AvgIpc) is 3.29. The van der Waals surface area contributed by atoms with Gasteiger partial charge in [-0.05, 0) is 115 Å². The van der Waals surface area contributed by atoms with Crippen molar-refractivity contribution in [3.63, 3.8) is 0 Å². The monoisotopic (exact) mass is 985 g/mol. The first kappa shape index (κ1) is 53.4. The molecular weight excluding hydrogens is 905 g/mol. The Labute approximate surface area is 404 Å². The summed E-state index contributed by atoms with van der Waals surface area (Å²) in [6.45, 7) is 16.9. The summed E-state index contributed by atoms with van der Waals surface area (Å²) in [6, 6.07) is 0. The number of carbonyl (C=O) groups excluding carboxylic acids is 1. The number of carboxylic acids is 1. The molecular formula is C50H80O19. The summed E-state index contributed by atoms with van der Waals surface area (Å²) in [7, 11) is 0. The molecule has 19 heteroatoms. The van der Waals surface area contributed by atoms with Crippen LogP contribution in [0.15, 0.2) is 11.6 Å². The van der Waals surface area contributed by atoms with E-state index in [1.165, 1.54) is 5.57 Å². The van der Waals surface area contributed by atoms with Crippen LogP contribution in [0.4, 0.5) is 0 Å². The maximum atomic E-state index is 14.7. The van der Waals surface area contributed by atoms with Crippen LogP contribution in [-0.4, -0.2) is 179 Å². The molecule has 0 unspecified atom stereocenters. The molecule has 3 saturated heterocycles. The molecule has 0 amide bonds. The van der Waals surface area contributed by atoms with Crippen LogP contribution in [-0.2, 0) is 38.0 Å². The summed E-state index contributed by atoms with van der Waals surface area (Å²) in [5, 5.41) is 117. The van der Waals surface area contributed by atoms with Crippen molar-refractivity contribution in [2.75, 3.05) is 6.61 Å². The van der Waals surface area contributed by atoms with Crippen LogP contribution in [0.25, 0.3) is 0 Å². The lowest BCUT2D eigenvalue weighted by Gasteiger charge is -2.71. The number of allylic oxidation sites excluding steroid dienone is 2. The fourth-order valence-corrected chi connectivity index (χ4v) is 15.4. The first-order chi connectivity index (χ1) is 32.1. The van der Waals surface area contributed by atoms with Crippen molar-refractivity contribution in [3.8, 4) is 0 Å². The molecule has 8 rings (SSSR count). The van der Waals surface area contributed by atoms with E-state index in [0.29, 0.717) is 32.1 Å².